The van der Waals surface area contributed by atoms with E-state index in [2.05, 4.69) is 19.6 Å². The van der Waals surface area contributed by atoms with Crippen molar-refractivity contribution in [3.05, 3.63) is 35.0 Å². The van der Waals surface area contributed by atoms with Crippen LogP contribution in [0.1, 0.15) is 63.2 Å². The van der Waals surface area contributed by atoms with Crippen LogP contribution in [-0.2, 0) is 11.4 Å². The van der Waals surface area contributed by atoms with Crippen LogP contribution < -0.4 is 21.1 Å². The normalized spacial score (nSPS) is 20.8. The van der Waals surface area contributed by atoms with Gasteiger partial charge in [-0.2, -0.15) is 0 Å². The molecule has 1 aliphatic heterocycles. The monoisotopic (exact) mass is 536 g/mol. The second kappa shape index (κ2) is 10.3. The average molecular weight is 537 g/mol. The number of rotatable bonds is 6. The molecule has 8 nitrogen and oxygen atoms in total. The standard InChI is InChI=1S/C24H33ClN6O2S2/c1-23(2,3)35(33)30-17-8-5-9-24(17)10-12-31(13-11-24)18-14-28-22(20(26)29-18)34-16-7-4-6-15(19(16)25)21(27)32/h4,6-7,14,17,30H,5,8-13H2,1-3H3,(H2,26,29)(H2,27,32)/t17-,35?/m1/s1. The van der Waals surface area contributed by atoms with E-state index in [0.29, 0.717) is 15.7 Å². The number of halogens is 1. The SMILES string of the molecule is CC(C)(C)[S+]([O-])N[C@@H]1CCCC12CCN(c1cnc(Sc3cccc(C(N)=O)c3Cl)c(N)n1)CC2. The number of primary amides is 1. The number of nitrogens with one attached hydrogen (secondary N) is 1. The maximum Gasteiger partial charge on any atom is 0.250 e. The maximum atomic E-state index is 12.7. The van der Waals surface area contributed by atoms with Crippen molar-refractivity contribution in [3.63, 3.8) is 0 Å². The Morgan fingerprint density at radius 3 is 2.66 bits per heavy atom. The molecule has 1 amide bonds. The number of benzene rings is 1. The highest BCUT2D eigenvalue weighted by atomic mass is 35.5. The number of anilines is 2. The lowest BCUT2D eigenvalue weighted by Crippen LogP contribution is -2.53. The number of carbonyl (C=O) groups excluding carboxylic acids is 1. The summed E-state index contributed by atoms with van der Waals surface area (Å²) < 4.78 is 15.9. The lowest BCUT2D eigenvalue weighted by atomic mass is 9.74. The fourth-order valence-corrected chi connectivity index (χ4v) is 7.03. The van der Waals surface area contributed by atoms with Crippen molar-refractivity contribution in [2.24, 2.45) is 11.1 Å². The summed E-state index contributed by atoms with van der Waals surface area (Å²) in [6.45, 7) is 7.73. The Morgan fingerprint density at radius 1 is 1.31 bits per heavy atom. The second-order valence-corrected chi connectivity index (χ2v) is 13.7. The van der Waals surface area contributed by atoms with Crippen LogP contribution in [0.3, 0.4) is 0 Å². The number of carbonyl (C=O) groups is 1. The highest BCUT2D eigenvalue weighted by Gasteiger charge is 2.47. The zero-order valence-electron chi connectivity index (χ0n) is 20.3. The Kier molecular flexibility index (Phi) is 7.78. The maximum absolute atomic E-state index is 12.7. The number of nitrogens with zero attached hydrogens (tertiary/aromatic N) is 3. The molecule has 11 heteroatoms. The van der Waals surface area contributed by atoms with Crippen molar-refractivity contribution in [1.82, 2.24) is 14.7 Å². The molecular weight excluding hydrogens is 504 g/mol. The van der Waals surface area contributed by atoms with Gasteiger partial charge in [0.1, 0.15) is 15.6 Å². The van der Waals surface area contributed by atoms with E-state index in [1.807, 2.05) is 20.8 Å². The van der Waals surface area contributed by atoms with Crippen LogP contribution in [0, 0.1) is 5.41 Å². The largest absolute Gasteiger partial charge is 0.598 e. The first kappa shape index (κ1) is 26.3. The summed E-state index contributed by atoms with van der Waals surface area (Å²) in [5.74, 6) is 0.479. The quantitative estimate of drug-likeness (QED) is 0.469. The number of amides is 1. The zero-order valence-corrected chi connectivity index (χ0v) is 22.7. The van der Waals surface area contributed by atoms with E-state index in [0.717, 1.165) is 51.0 Å². The number of hydrogen-bond donors (Lipinski definition) is 3. The molecule has 1 aromatic carbocycles. The predicted molar refractivity (Wildman–Crippen MR) is 143 cm³/mol. The van der Waals surface area contributed by atoms with Gasteiger partial charge >= 0.3 is 0 Å². The predicted octanol–water partition coefficient (Wildman–Crippen LogP) is 4.15. The summed E-state index contributed by atoms with van der Waals surface area (Å²) in [5, 5.41) is 0.805. The first-order valence-corrected chi connectivity index (χ1v) is 14.2. The van der Waals surface area contributed by atoms with Gasteiger partial charge in [0, 0.05) is 29.3 Å². The first-order valence-electron chi connectivity index (χ1n) is 11.8. The molecule has 0 bridgehead atoms. The number of hydrogen-bond acceptors (Lipinski definition) is 8. The van der Waals surface area contributed by atoms with Crippen molar-refractivity contribution in [2.75, 3.05) is 23.7 Å². The van der Waals surface area contributed by atoms with Gasteiger partial charge in [0.15, 0.2) is 5.82 Å². The van der Waals surface area contributed by atoms with Crippen molar-refractivity contribution in [1.29, 1.82) is 0 Å². The summed E-state index contributed by atoms with van der Waals surface area (Å²) in [4.78, 5) is 23.6. The zero-order chi connectivity index (χ0) is 25.4. The fraction of sp³-hybridized carbons (Fsp3) is 0.542. The smallest absolute Gasteiger partial charge is 0.250 e. The van der Waals surface area contributed by atoms with Gasteiger partial charge in [-0.05, 0) is 64.0 Å². The van der Waals surface area contributed by atoms with E-state index in [1.54, 1.807) is 24.4 Å². The summed E-state index contributed by atoms with van der Waals surface area (Å²) in [5.41, 5.74) is 12.1. The van der Waals surface area contributed by atoms with E-state index < -0.39 is 17.3 Å². The molecule has 2 fully saturated rings. The molecule has 2 aromatic rings. The van der Waals surface area contributed by atoms with Crippen LogP contribution in [0.4, 0.5) is 11.6 Å². The van der Waals surface area contributed by atoms with Gasteiger partial charge in [-0.15, -0.1) is 4.72 Å². The molecule has 5 N–H and O–H groups in total. The topological polar surface area (TPSA) is 133 Å². The molecule has 2 heterocycles. The van der Waals surface area contributed by atoms with Gasteiger partial charge in [-0.25, -0.2) is 9.97 Å². The van der Waals surface area contributed by atoms with Crippen LogP contribution in [0.5, 0.6) is 0 Å². The molecule has 0 radical (unpaired) electrons. The molecular formula is C24H33ClN6O2S2. The Bertz CT molecular complexity index is 1090. The molecule has 1 aromatic heterocycles. The summed E-state index contributed by atoms with van der Waals surface area (Å²) in [6, 6.07) is 5.37. The van der Waals surface area contributed by atoms with E-state index in [1.165, 1.54) is 11.8 Å². The number of piperidine rings is 1. The van der Waals surface area contributed by atoms with E-state index in [9.17, 15) is 9.35 Å². The number of aromatic nitrogens is 2. The summed E-state index contributed by atoms with van der Waals surface area (Å²) >= 11 is 6.53. The van der Waals surface area contributed by atoms with E-state index in [-0.39, 0.29) is 26.8 Å². The molecule has 2 aliphatic rings. The number of nitrogen functional groups attached to an aromatic ring is 1. The molecule has 35 heavy (non-hydrogen) atoms. The average Bonchev–Trinajstić information content (AvgIpc) is 3.17. The molecule has 1 unspecified atom stereocenters. The minimum absolute atomic E-state index is 0.175. The Balaban J connectivity index is 1.43. The van der Waals surface area contributed by atoms with Crippen LogP contribution in [0.25, 0.3) is 0 Å². The van der Waals surface area contributed by atoms with Gasteiger partial charge in [-0.1, -0.05) is 35.9 Å². The van der Waals surface area contributed by atoms with Crippen molar-refractivity contribution < 1.29 is 9.35 Å². The Labute approximate surface area is 219 Å². The third-order valence-electron chi connectivity index (χ3n) is 6.98. The van der Waals surface area contributed by atoms with Crippen molar-refractivity contribution >= 4 is 52.3 Å². The molecule has 4 rings (SSSR count). The molecule has 1 saturated heterocycles. The third-order valence-corrected chi connectivity index (χ3v) is 10.2. The minimum Gasteiger partial charge on any atom is -0.598 e. The third kappa shape index (κ3) is 5.67. The van der Waals surface area contributed by atoms with Crippen LogP contribution in [-0.4, -0.2) is 44.3 Å². The number of nitrogens with two attached hydrogens (primary N) is 2. The second-order valence-electron chi connectivity index (χ2n) is 10.3. The summed E-state index contributed by atoms with van der Waals surface area (Å²) in [6.07, 6.45) is 7.16. The highest BCUT2D eigenvalue weighted by molar-refractivity contribution is 7.99. The Morgan fingerprint density at radius 2 is 2.03 bits per heavy atom. The first-order chi connectivity index (χ1) is 16.5. The van der Waals surface area contributed by atoms with Crippen molar-refractivity contribution in [3.8, 4) is 0 Å². The Hall–Kier alpha value is -1.72. The lowest BCUT2D eigenvalue weighted by molar-refractivity contribution is 0.1000. The van der Waals surface area contributed by atoms with Gasteiger partial charge in [0.05, 0.1) is 22.8 Å². The highest BCUT2D eigenvalue weighted by Crippen LogP contribution is 2.47. The van der Waals surface area contributed by atoms with Crippen molar-refractivity contribution in [2.45, 2.75) is 73.6 Å². The van der Waals surface area contributed by atoms with Gasteiger partial charge in [0.25, 0.3) is 0 Å². The molecule has 1 saturated carbocycles. The lowest BCUT2D eigenvalue weighted by Gasteiger charge is -2.44. The van der Waals surface area contributed by atoms with E-state index >= 15 is 0 Å². The van der Waals surface area contributed by atoms with E-state index in [4.69, 9.17) is 23.1 Å². The molecule has 2 atom stereocenters. The molecule has 1 spiro atoms. The fourth-order valence-electron chi connectivity index (χ4n) is 4.91. The van der Waals surface area contributed by atoms with Crippen LogP contribution in [0.15, 0.2) is 34.3 Å². The van der Waals surface area contributed by atoms with Gasteiger partial charge < -0.3 is 20.9 Å². The van der Waals surface area contributed by atoms with Crippen LogP contribution >= 0.6 is 23.4 Å². The molecule has 190 valence electrons. The summed E-state index contributed by atoms with van der Waals surface area (Å²) in [7, 11) is 0. The van der Waals surface area contributed by atoms with Gasteiger partial charge in [0.2, 0.25) is 5.91 Å². The van der Waals surface area contributed by atoms with Crippen LogP contribution in [0.2, 0.25) is 5.02 Å². The minimum atomic E-state index is -1.07. The molecule has 1 aliphatic carbocycles. The van der Waals surface area contributed by atoms with Gasteiger partial charge in [-0.3, -0.25) is 4.79 Å².